The summed E-state index contributed by atoms with van der Waals surface area (Å²) in [6.07, 6.45) is 17.7. The molecule has 0 heteroatoms. The summed E-state index contributed by atoms with van der Waals surface area (Å²) in [4.78, 5) is 0. The van der Waals surface area contributed by atoms with E-state index < -0.39 is 0 Å². The molecule has 0 aliphatic heterocycles. The molecule has 0 aromatic carbocycles. The van der Waals surface area contributed by atoms with Gasteiger partial charge >= 0.3 is 0 Å². The van der Waals surface area contributed by atoms with E-state index in [0.29, 0.717) is 0 Å². The Balaban J connectivity index is 0. The number of hydrogen-bond donors (Lipinski definition) is 0. The average molecular weight is 236 g/mol. The van der Waals surface area contributed by atoms with Crippen LogP contribution in [-0.2, 0) is 0 Å². The van der Waals surface area contributed by atoms with Crippen LogP contribution in [0.1, 0.15) is 84.5 Å². The summed E-state index contributed by atoms with van der Waals surface area (Å²) in [6, 6.07) is 0. The van der Waals surface area contributed by atoms with Gasteiger partial charge in [0.05, 0.1) is 0 Å². The molecule has 2 radical (unpaired) electrons. The van der Waals surface area contributed by atoms with Crippen molar-refractivity contribution in [3.8, 4) is 0 Å². The lowest BCUT2D eigenvalue weighted by molar-refractivity contribution is 0.637. The van der Waals surface area contributed by atoms with Crippen LogP contribution in [0.15, 0.2) is 12.2 Å². The number of rotatable bonds is 11. The van der Waals surface area contributed by atoms with E-state index in [2.05, 4.69) is 13.8 Å². The minimum Gasteiger partial charge on any atom is -0.0845 e. The molecule has 0 atom stereocenters. The van der Waals surface area contributed by atoms with Crippen molar-refractivity contribution in [1.82, 2.24) is 0 Å². The third kappa shape index (κ3) is 25.6. The SMILES string of the molecule is [CH]=CCCCCCC.[CH]=CCCCCCCC. The zero-order valence-electron chi connectivity index (χ0n) is 12.1. The highest BCUT2D eigenvalue weighted by molar-refractivity contribution is 4.61. The first-order valence-electron chi connectivity index (χ1n) is 7.40. The molecule has 0 rings (SSSR count). The highest BCUT2D eigenvalue weighted by Crippen LogP contribution is 2.04. The van der Waals surface area contributed by atoms with E-state index in [1.165, 1.54) is 57.8 Å². The van der Waals surface area contributed by atoms with Gasteiger partial charge in [-0.15, -0.1) is 0 Å². The number of unbranched alkanes of at least 4 members (excludes halogenated alkanes) is 9. The van der Waals surface area contributed by atoms with Crippen molar-refractivity contribution in [3.05, 3.63) is 25.3 Å². The van der Waals surface area contributed by atoms with Gasteiger partial charge in [0.25, 0.3) is 0 Å². The van der Waals surface area contributed by atoms with Gasteiger partial charge in [-0.3, -0.25) is 0 Å². The van der Waals surface area contributed by atoms with Crippen molar-refractivity contribution in [1.29, 1.82) is 0 Å². The smallest absolute Gasteiger partial charge is 0.0348 e. The van der Waals surface area contributed by atoms with Crippen LogP contribution in [0.5, 0.6) is 0 Å². The van der Waals surface area contributed by atoms with Gasteiger partial charge < -0.3 is 0 Å². The summed E-state index contributed by atoms with van der Waals surface area (Å²) in [5.74, 6) is 0. The zero-order valence-corrected chi connectivity index (χ0v) is 12.1. The first-order valence-corrected chi connectivity index (χ1v) is 7.40. The molecule has 0 heterocycles. The van der Waals surface area contributed by atoms with Crippen molar-refractivity contribution in [2.24, 2.45) is 0 Å². The Hall–Kier alpha value is -0.520. The van der Waals surface area contributed by atoms with E-state index in [0.717, 1.165) is 12.8 Å². The predicted molar refractivity (Wildman–Crippen MR) is 79.9 cm³/mol. The quantitative estimate of drug-likeness (QED) is 0.370. The second-order valence-electron chi connectivity index (χ2n) is 4.52. The molecule has 0 nitrogen and oxygen atoms in total. The fraction of sp³-hybridized carbons (Fsp3) is 0.765. The van der Waals surface area contributed by atoms with Gasteiger partial charge in [0.2, 0.25) is 0 Å². The average Bonchev–Trinajstić information content (AvgIpc) is 2.36. The van der Waals surface area contributed by atoms with Gasteiger partial charge in [0, 0.05) is 0 Å². The van der Waals surface area contributed by atoms with Crippen molar-refractivity contribution >= 4 is 0 Å². The lowest BCUT2D eigenvalue weighted by Crippen LogP contribution is -1.74. The van der Waals surface area contributed by atoms with E-state index in [4.69, 9.17) is 13.2 Å². The van der Waals surface area contributed by atoms with E-state index in [9.17, 15) is 0 Å². The Bertz CT molecular complexity index is 135. The molecule has 0 spiro atoms. The maximum atomic E-state index is 5.22. The molecule has 0 unspecified atom stereocenters. The topological polar surface area (TPSA) is 0 Å². The molecule has 0 fully saturated rings. The molecule has 0 aliphatic carbocycles. The lowest BCUT2D eigenvalue weighted by atomic mass is 10.1. The maximum absolute atomic E-state index is 5.22. The van der Waals surface area contributed by atoms with E-state index in [1.54, 1.807) is 12.2 Å². The Kier molecular flexibility index (Phi) is 23.1. The van der Waals surface area contributed by atoms with Crippen molar-refractivity contribution < 1.29 is 0 Å². The molecule has 0 saturated carbocycles. The molecule has 0 amide bonds. The first kappa shape index (κ1) is 18.8. The van der Waals surface area contributed by atoms with E-state index >= 15 is 0 Å². The predicted octanol–water partition coefficient (Wildman–Crippen LogP) is 6.28. The van der Waals surface area contributed by atoms with E-state index in [1.807, 2.05) is 0 Å². The summed E-state index contributed by atoms with van der Waals surface area (Å²) in [5, 5.41) is 0. The summed E-state index contributed by atoms with van der Waals surface area (Å²) in [7, 11) is 0. The van der Waals surface area contributed by atoms with Crippen LogP contribution in [0.3, 0.4) is 0 Å². The van der Waals surface area contributed by atoms with Crippen LogP contribution in [0.4, 0.5) is 0 Å². The third-order valence-electron chi connectivity index (χ3n) is 2.70. The Morgan fingerprint density at radius 3 is 1.29 bits per heavy atom. The molecule has 0 saturated heterocycles. The minimum absolute atomic E-state index is 1.08. The monoisotopic (exact) mass is 236 g/mol. The van der Waals surface area contributed by atoms with E-state index in [-0.39, 0.29) is 0 Å². The van der Waals surface area contributed by atoms with Crippen molar-refractivity contribution in [3.63, 3.8) is 0 Å². The molecule has 17 heavy (non-hydrogen) atoms. The van der Waals surface area contributed by atoms with Crippen LogP contribution in [0.25, 0.3) is 0 Å². The molecule has 100 valence electrons. The molecule has 0 bridgehead atoms. The highest BCUT2D eigenvalue weighted by Gasteiger charge is 1.84. The van der Waals surface area contributed by atoms with Gasteiger partial charge in [-0.2, -0.15) is 0 Å². The van der Waals surface area contributed by atoms with Gasteiger partial charge in [-0.25, -0.2) is 0 Å². The molecular weight excluding hydrogens is 204 g/mol. The molecule has 0 N–H and O–H groups in total. The standard InChI is InChI=1S/C9H17.C8H15/c1-3-5-7-9-8-6-4-2;1-3-5-7-8-6-4-2/h1,3H,4-9H2,2H3;1,3H,4-8H2,2H3. The van der Waals surface area contributed by atoms with Gasteiger partial charge in [-0.05, 0) is 25.7 Å². The minimum atomic E-state index is 1.08. The highest BCUT2D eigenvalue weighted by atomic mass is 13.9. The normalized spacial score (nSPS) is 9.29. The second-order valence-corrected chi connectivity index (χ2v) is 4.52. The van der Waals surface area contributed by atoms with Crippen LogP contribution in [0, 0.1) is 13.2 Å². The summed E-state index contributed by atoms with van der Waals surface area (Å²) >= 11 is 0. The van der Waals surface area contributed by atoms with Crippen LogP contribution in [-0.4, -0.2) is 0 Å². The third-order valence-corrected chi connectivity index (χ3v) is 2.70. The van der Waals surface area contributed by atoms with Crippen LogP contribution in [0.2, 0.25) is 0 Å². The Morgan fingerprint density at radius 2 is 0.941 bits per heavy atom. The summed E-state index contributed by atoms with van der Waals surface area (Å²) in [6.45, 7) is 14.8. The molecule has 0 aromatic rings. The van der Waals surface area contributed by atoms with Crippen molar-refractivity contribution in [2.45, 2.75) is 84.5 Å². The number of allylic oxidation sites excluding steroid dienone is 2. The molecule has 0 aromatic heterocycles. The largest absolute Gasteiger partial charge is 0.0845 e. The summed E-state index contributed by atoms with van der Waals surface area (Å²) < 4.78 is 0. The summed E-state index contributed by atoms with van der Waals surface area (Å²) in [5.41, 5.74) is 0. The van der Waals surface area contributed by atoms with Gasteiger partial charge in [0.15, 0.2) is 0 Å². The second kappa shape index (κ2) is 20.8. The lowest BCUT2D eigenvalue weighted by Gasteiger charge is -1.94. The van der Waals surface area contributed by atoms with Gasteiger partial charge in [0.1, 0.15) is 0 Å². The molecular formula is C17H32. The maximum Gasteiger partial charge on any atom is -0.0348 e. The zero-order chi connectivity index (χ0) is 13.2. The fourth-order valence-corrected chi connectivity index (χ4v) is 1.55. The molecule has 0 aliphatic rings. The van der Waals surface area contributed by atoms with Crippen LogP contribution < -0.4 is 0 Å². The van der Waals surface area contributed by atoms with Crippen LogP contribution >= 0.6 is 0 Å². The van der Waals surface area contributed by atoms with Crippen molar-refractivity contribution in [2.75, 3.05) is 0 Å². The fourth-order valence-electron chi connectivity index (χ4n) is 1.55. The Labute approximate surface area is 110 Å². The van der Waals surface area contributed by atoms with Gasteiger partial charge in [-0.1, -0.05) is 84.1 Å². The number of hydrogen-bond acceptors (Lipinski definition) is 0. The Morgan fingerprint density at radius 1 is 0.588 bits per heavy atom. The first-order chi connectivity index (χ1) is 8.33.